The molecular weight excluding hydrogens is 174 g/mol. The summed E-state index contributed by atoms with van der Waals surface area (Å²) in [4.78, 5) is 0. The van der Waals surface area contributed by atoms with Crippen molar-refractivity contribution in [3.05, 3.63) is 41.0 Å². The highest BCUT2D eigenvalue weighted by atomic mass is 16.2. The zero-order chi connectivity index (χ0) is 10.4. The van der Waals surface area contributed by atoms with E-state index in [9.17, 15) is 0 Å². The first-order valence-electron chi connectivity index (χ1n) is 4.56. The van der Waals surface area contributed by atoms with E-state index in [0.717, 1.165) is 11.1 Å². The van der Waals surface area contributed by atoms with Crippen molar-refractivity contribution >= 4 is 6.08 Å². The topological polar surface area (TPSA) is 44.0 Å². The second-order valence-corrected chi connectivity index (χ2v) is 3.06. The molecule has 0 aliphatic carbocycles. The van der Waals surface area contributed by atoms with Crippen LogP contribution in [0.4, 0.5) is 0 Å². The first-order chi connectivity index (χ1) is 6.79. The molecule has 1 N–H and O–H groups in total. The number of hydrogen-bond acceptors (Lipinski definition) is 2. The van der Waals surface area contributed by atoms with E-state index in [0.29, 0.717) is 12.0 Å². The van der Waals surface area contributed by atoms with Crippen molar-refractivity contribution in [1.82, 2.24) is 0 Å². The van der Waals surface area contributed by atoms with Crippen molar-refractivity contribution in [1.29, 1.82) is 5.26 Å². The van der Waals surface area contributed by atoms with Gasteiger partial charge in [-0.05, 0) is 30.5 Å². The quantitative estimate of drug-likeness (QED) is 0.788. The molecule has 1 aromatic carbocycles. The number of aliphatic hydroxyl groups excluding tert-OH is 1. The highest BCUT2D eigenvalue weighted by Crippen LogP contribution is 2.15. The van der Waals surface area contributed by atoms with Crippen LogP contribution in [0.1, 0.15) is 23.1 Å². The molecule has 72 valence electrons. The Labute approximate surface area is 84.1 Å². The second-order valence-electron chi connectivity index (χ2n) is 3.06. The van der Waals surface area contributed by atoms with Crippen LogP contribution < -0.4 is 0 Å². The molecule has 0 atom stereocenters. The van der Waals surface area contributed by atoms with Crippen molar-refractivity contribution in [2.24, 2.45) is 0 Å². The summed E-state index contributed by atoms with van der Waals surface area (Å²) < 4.78 is 0. The minimum atomic E-state index is 0.143. The fraction of sp³-hybridized carbons (Fsp3) is 0.250. The van der Waals surface area contributed by atoms with Gasteiger partial charge in [-0.15, -0.1) is 0 Å². The SMILES string of the molecule is Cc1cccc(C#N)c1C=CCCO. The Morgan fingerprint density at radius 1 is 1.50 bits per heavy atom. The smallest absolute Gasteiger partial charge is 0.0998 e. The van der Waals surface area contributed by atoms with Crippen LogP contribution in [0.5, 0.6) is 0 Å². The Balaban J connectivity index is 3.00. The monoisotopic (exact) mass is 187 g/mol. The lowest BCUT2D eigenvalue weighted by atomic mass is 10.0. The molecule has 0 aliphatic rings. The molecule has 0 heterocycles. The van der Waals surface area contributed by atoms with Crippen molar-refractivity contribution < 1.29 is 5.11 Å². The zero-order valence-corrected chi connectivity index (χ0v) is 8.20. The standard InChI is InChI=1S/C12H13NO/c1-10-5-4-6-11(9-13)12(10)7-2-3-8-14/h2,4-7,14H,3,8H2,1H3. The molecule has 2 heteroatoms. The molecule has 0 aromatic heterocycles. The van der Waals surface area contributed by atoms with Crippen LogP contribution in [-0.2, 0) is 0 Å². The normalized spacial score (nSPS) is 10.4. The van der Waals surface area contributed by atoms with Gasteiger partial charge < -0.3 is 5.11 Å². The maximum absolute atomic E-state index is 8.87. The highest BCUT2D eigenvalue weighted by molar-refractivity contribution is 5.61. The lowest BCUT2D eigenvalue weighted by Crippen LogP contribution is -1.86. The van der Waals surface area contributed by atoms with E-state index in [1.54, 1.807) is 6.07 Å². The van der Waals surface area contributed by atoms with Gasteiger partial charge in [0.15, 0.2) is 0 Å². The van der Waals surface area contributed by atoms with Crippen molar-refractivity contribution in [3.8, 4) is 6.07 Å². The fourth-order valence-electron chi connectivity index (χ4n) is 1.28. The molecule has 1 rings (SSSR count). The average molecular weight is 187 g/mol. The number of nitrogens with zero attached hydrogens (tertiary/aromatic N) is 1. The molecule has 0 saturated carbocycles. The van der Waals surface area contributed by atoms with Gasteiger partial charge in [-0.25, -0.2) is 0 Å². The molecular formula is C12H13NO. The average Bonchev–Trinajstić information content (AvgIpc) is 2.20. The Morgan fingerprint density at radius 3 is 2.93 bits per heavy atom. The lowest BCUT2D eigenvalue weighted by Gasteiger charge is -2.01. The third kappa shape index (κ3) is 2.45. The minimum absolute atomic E-state index is 0.143. The van der Waals surface area contributed by atoms with Crippen LogP contribution in [0.15, 0.2) is 24.3 Å². The van der Waals surface area contributed by atoms with Crippen molar-refractivity contribution in [2.75, 3.05) is 6.61 Å². The van der Waals surface area contributed by atoms with E-state index in [1.165, 1.54) is 0 Å². The van der Waals surface area contributed by atoms with Gasteiger partial charge in [-0.2, -0.15) is 5.26 Å². The number of benzene rings is 1. The highest BCUT2D eigenvalue weighted by Gasteiger charge is 2.00. The Hall–Kier alpha value is -1.59. The van der Waals surface area contributed by atoms with Gasteiger partial charge in [-0.1, -0.05) is 24.3 Å². The molecule has 14 heavy (non-hydrogen) atoms. The molecule has 0 fully saturated rings. The minimum Gasteiger partial charge on any atom is -0.396 e. The first-order valence-corrected chi connectivity index (χ1v) is 4.56. The van der Waals surface area contributed by atoms with E-state index >= 15 is 0 Å². The van der Waals surface area contributed by atoms with Gasteiger partial charge in [0, 0.05) is 6.61 Å². The summed E-state index contributed by atoms with van der Waals surface area (Å²) in [5, 5.41) is 17.5. The van der Waals surface area contributed by atoms with Gasteiger partial charge in [-0.3, -0.25) is 0 Å². The third-order valence-electron chi connectivity index (χ3n) is 2.02. The van der Waals surface area contributed by atoms with Crippen LogP contribution in [0.25, 0.3) is 6.08 Å². The summed E-state index contributed by atoms with van der Waals surface area (Å²) >= 11 is 0. The molecule has 0 bridgehead atoms. The van der Waals surface area contributed by atoms with E-state index in [1.807, 2.05) is 31.2 Å². The summed E-state index contributed by atoms with van der Waals surface area (Å²) in [6.45, 7) is 2.11. The summed E-state index contributed by atoms with van der Waals surface area (Å²) in [5.41, 5.74) is 2.71. The molecule has 1 aromatic rings. The number of nitriles is 1. The van der Waals surface area contributed by atoms with Crippen LogP contribution in [0.2, 0.25) is 0 Å². The van der Waals surface area contributed by atoms with Crippen molar-refractivity contribution in [2.45, 2.75) is 13.3 Å². The Bertz CT molecular complexity index is 374. The van der Waals surface area contributed by atoms with Crippen LogP contribution in [-0.4, -0.2) is 11.7 Å². The van der Waals surface area contributed by atoms with E-state index in [4.69, 9.17) is 10.4 Å². The predicted molar refractivity (Wildman–Crippen MR) is 56.6 cm³/mol. The van der Waals surface area contributed by atoms with Gasteiger partial charge in [0.25, 0.3) is 0 Å². The summed E-state index contributed by atoms with van der Waals surface area (Å²) in [5.74, 6) is 0. The van der Waals surface area contributed by atoms with Gasteiger partial charge in [0.05, 0.1) is 11.6 Å². The number of aryl methyl sites for hydroxylation is 1. The summed E-state index contributed by atoms with van der Waals surface area (Å²) in [7, 11) is 0. The first kappa shape index (κ1) is 10.5. The maximum Gasteiger partial charge on any atom is 0.0998 e. The zero-order valence-electron chi connectivity index (χ0n) is 8.20. The molecule has 0 radical (unpaired) electrons. The maximum atomic E-state index is 8.87. The van der Waals surface area contributed by atoms with Gasteiger partial charge >= 0.3 is 0 Å². The third-order valence-corrected chi connectivity index (χ3v) is 2.02. The predicted octanol–water partition coefficient (Wildman–Crippen LogP) is 2.26. The number of aliphatic hydroxyl groups is 1. The molecule has 0 amide bonds. The van der Waals surface area contributed by atoms with Crippen molar-refractivity contribution in [3.63, 3.8) is 0 Å². The van der Waals surface area contributed by atoms with Gasteiger partial charge in [0.1, 0.15) is 0 Å². The van der Waals surface area contributed by atoms with E-state index in [-0.39, 0.29) is 6.61 Å². The van der Waals surface area contributed by atoms with E-state index < -0.39 is 0 Å². The number of rotatable bonds is 3. The van der Waals surface area contributed by atoms with Crippen LogP contribution in [0.3, 0.4) is 0 Å². The molecule has 0 aliphatic heterocycles. The van der Waals surface area contributed by atoms with Crippen LogP contribution in [0, 0.1) is 18.3 Å². The molecule has 0 saturated heterocycles. The molecule has 0 spiro atoms. The lowest BCUT2D eigenvalue weighted by molar-refractivity contribution is 0.303. The van der Waals surface area contributed by atoms with Gasteiger partial charge in [0.2, 0.25) is 0 Å². The summed E-state index contributed by atoms with van der Waals surface area (Å²) in [6.07, 6.45) is 4.40. The molecule has 0 unspecified atom stereocenters. The van der Waals surface area contributed by atoms with E-state index in [2.05, 4.69) is 6.07 Å². The number of hydrogen-bond donors (Lipinski definition) is 1. The molecule has 2 nitrogen and oxygen atoms in total. The fourth-order valence-corrected chi connectivity index (χ4v) is 1.28. The second kappa shape index (κ2) is 5.21. The summed E-state index contributed by atoms with van der Waals surface area (Å²) in [6, 6.07) is 7.79. The van der Waals surface area contributed by atoms with Crippen LogP contribution >= 0.6 is 0 Å². The largest absolute Gasteiger partial charge is 0.396 e. The Kier molecular flexibility index (Phi) is 3.90. The Morgan fingerprint density at radius 2 is 2.29 bits per heavy atom.